The highest BCUT2D eigenvalue weighted by Gasteiger charge is 2.21. The molecule has 0 radical (unpaired) electrons. The van der Waals surface area contributed by atoms with E-state index in [1.165, 1.54) is 11.6 Å². The molecule has 0 unspecified atom stereocenters. The van der Waals surface area contributed by atoms with E-state index in [0.717, 1.165) is 23.1 Å². The van der Waals surface area contributed by atoms with Crippen LogP contribution < -0.4 is 5.32 Å². The number of halogens is 1. The second-order valence-electron chi connectivity index (χ2n) is 8.38. The number of anilines is 2. The van der Waals surface area contributed by atoms with Crippen molar-refractivity contribution in [2.24, 2.45) is 0 Å². The summed E-state index contributed by atoms with van der Waals surface area (Å²) in [7, 11) is 0. The fourth-order valence-corrected chi connectivity index (χ4v) is 3.54. The van der Waals surface area contributed by atoms with Crippen molar-refractivity contribution in [2.45, 2.75) is 32.9 Å². The summed E-state index contributed by atoms with van der Waals surface area (Å²) in [5.41, 5.74) is 3.51. The van der Waals surface area contributed by atoms with Gasteiger partial charge in [0.05, 0.1) is 17.4 Å². The molecule has 0 amide bonds. The van der Waals surface area contributed by atoms with Gasteiger partial charge in [-0.05, 0) is 56.7 Å². The van der Waals surface area contributed by atoms with Crippen molar-refractivity contribution >= 4 is 39.8 Å². The van der Waals surface area contributed by atoms with Crippen molar-refractivity contribution in [2.75, 3.05) is 5.32 Å². The molecule has 4 rings (SSSR count). The Morgan fingerprint density at radius 2 is 1.87 bits per heavy atom. The van der Waals surface area contributed by atoms with E-state index < -0.39 is 11.6 Å². The van der Waals surface area contributed by atoms with E-state index in [9.17, 15) is 4.79 Å². The number of aromatic nitrogens is 2. The lowest BCUT2D eigenvalue weighted by molar-refractivity contribution is 0.00706. The Balaban J connectivity index is 1.60. The van der Waals surface area contributed by atoms with E-state index in [4.69, 9.17) is 16.3 Å². The van der Waals surface area contributed by atoms with E-state index in [1.807, 2.05) is 51.1 Å². The molecule has 2 aromatic carbocycles. The second kappa shape index (κ2) is 8.44. The highest BCUT2D eigenvalue weighted by molar-refractivity contribution is 6.29. The van der Waals surface area contributed by atoms with E-state index >= 15 is 0 Å². The zero-order chi connectivity index (χ0) is 22.0. The minimum Gasteiger partial charge on any atom is -0.456 e. The summed E-state index contributed by atoms with van der Waals surface area (Å²) >= 11 is 6.03. The summed E-state index contributed by atoms with van der Waals surface area (Å²) in [5, 5.41) is 4.62. The maximum absolute atomic E-state index is 12.7. The van der Waals surface area contributed by atoms with Gasteiger partial charge in [-0.2, -0.15) is 0 Å². The van der Waals surface area contributed by atoms with Gasteiger partial charge in [-0.3, -0.25) is 0 Å². The van der Waals surface area contributed by atoms with Gasteiger partial charge in [0, 0.05) is 29.3 Å². The Morgan fingerprint density at radius 3 is 2.61 bits per heavy atom. The molecule has 0 saturated heterocycles. The molecule has 2 aromatic heterocycles. The molecule has 5 nitrogen and oxygen atoms in total. The van der Waals surface area contributed by atoms with Gasteiger partial charge in [-0.25, -0.2) is 9.78 Å². The first kappa shape index (κ1) is 20.9. The number of hydrogen-bond donors (Lipinski definition) is 1. The smallest absolute Gasteiger partial charge is 0.340 e. The Labute approximate surface area is 186 Å². The number of carbonyl (C=O) groups excluding carboxylic acids is 1. The van der Waals surface area contributed by atoms with Gasteiger partial charge in [-0.1, -0.05) is 41.9 Å². The van der Waals surface area contributed by atoms with Gasteiger partial charge < -0.3 is 14.6 Å². The first-order valence-electron chi connectivity index (χ1n) is 10.1. The largest absolute Gasteiger partial charge is 0.456 e. The molecule has 1 N–H and O–H groups in total. The number of pyridine rings is 1. The van der Waals surface area contributed by atoms with Gasteiger partial charge in [0.2, 0.25) is 0 Å². The number of carbonyl (C=O) groups is 1. The van der Waals surface area contributed by atoms with E-state index in [1.54, 1.807) is 6.20 Å². The van der Waals surface area contributed by atoms with Gasteiger partial charge in [0.25, 0.3) is 0 Å². The van der Waals surface area contributed by atoms with Gasteiger partial charge in [0.15, 0.2) is 0 Å². The molecule has 0 saturated carbocycles. The van der Waals surface area contributed by atoms with E-state index in [-0.39, 0.29) is 5.15 Å². The number of benzene rings is 2. The van der Waals surface area contributed by atoms with Crippen molar-refractivity contribution < 1.29 is 9.53 Å². The Morgan fingerprint density at radius 1 is 1.10 bits per heavy atom. The molecule has 0 aliphatic carbocycles. The monoisotopic (exact) mass is 433 g/mol. The van der Waals surface area contributed by atoms with Crippen LogP contribution in [0.15, 0.2) is 73.1 Å². The Kier molecular flexibility index (Phi) is 5.70. The minimum absolute atomic E-state index is 0.236. The number of esters is 1. The summed E-state index contributed by atoms with van der Waals surface area (Å²) in [6.07, 6.45) is 3.63. The zero-order valence-electron chi connectivity index (χ0n) is 17.7. The average Bonchev–Trinajstić information content (AvgIpc) is 3.11. The molecule has 0 fully saturated rings. The first-order chi connectivity index (χ1) is 14.8. The Hall–Kier alpha value is -3.31. The third kappa shape index (κ3) is 5.06. The van der Waals surface area contributed by atoms with Crippen LogP contribution in [0.25, 0.3) is 10.9 Å². The van der Waals surface area contributed by atoms with Crippen LogP contribution in [0, 0.1) is 0 Å². The molecule has 0 aliphatic heterocycles. The van der Waals surface area contributed by atoms with E-state index in [0.29, 0.717) is 11.3 Å². The van der Waals surface area contributed by atoms with Crippen LogP contribution >= 0.6 is 11.6 Å². The highest BCUT2D eigenvalue weighted by atomic mass is 35.5. The molecule has 6 heteroatoms. The first-order valence-corrected chi connectivity index (χ1v) is 10.4. The minimum atomic E-state index is -0.606. The Bertz CT molecular complexity index is 1230. The molecule has 0 bridgehead atoms. The van der Waals surface area contributed by atoms with Crippen molar-refractivity contribution in [3.8, 4) is 0 Å². The maximum Gasteiger partial charge on any atom is 0.340 e. The molecule has 0 atom stereocenters. The lowest BCUT2D eigenvalue weighted by Gasteiger charge is -2.20. The molecule has 2 heterocycles. The number of nitrogens with one attached hydrogen (secondary N) is 1. The van der Waals surface area contributed by atoms with Crippen LogP contribution in [-0.2, 0) is 11.3 Å². The molecule has 158 valence electrons. The topological polar surface area (TPSA) is 56.1 Å². The SMILES string of the molecule is CC(C)(C)OC(=O)c1cc(Cl)ncc1Nc1ccc2c(ccn2Cc2ccccc2)c1. The van der Waals surface area contributed by atoms with Crippen LogP contribution in [0.1, 0.15) is 36.7 Å². The van der Waals surface area contributed by atoms with Crippen LogP contribution in [0.2, 0.25) is 5.15 Å². The number of fused-ring (bicyclic) bond motifs is 1. The average molecular weight is 434 g/mol. The maximum atomic E-state index is 12.7. The van der Waals surface area contributed by atoms with E-state index in [2.05, 4.69) is 45.3 Å². The zero-order valence-corrected chi connectivity index (χ0v) is 18.5. The molecular formula is C25H24ClN3O2. The quantitative estimate of drug-likeness (QED) is 0.291. The van der Waals surface area contributed by atoms with Gasteiger partial charge in [-0.15, -0.1) is 0 Å². The normalized spacial score (nSPS) is 11.5. The predicted molar refractivity (Wildman–Crippen MR) is 125 cm³/mol. The highest BCUT2D eigenvalue weighted by Crippen LogP contribution is 2.28. The summed E-state index contributed by atoms with van der Waals surface area (Å²) in [4.78, 5) is 16.8. The van der Waals surface area contributed by atoms with Crippen molar-refractivity contribution in [3.05, 3.63) is 89.3 Å². The van der Waals surface area contributed by atoms with Crippen molar-refractivity contribution in [1.29, 1.82) is 0 Å². The fraction of sp³-hybridized carbons (Fsp3) is 0.200. The number of ether oxygens (including phenoxy) is 1. The molecule has 0 aliphatic rings. The lowest BCUT2D eigenvalue weighted by Crippen LogP contribution is -2.24. The van der Waals surface area contributed by atoms with Crippen LogP contribution in [0.5, 0.6) is 0 Å². The second-order valence-corrected chi connectivity index (χ2v) is 8.77. The standard InChI is InChI=1S/C25H24ClN3O2/c1-25(2,3)31-24(30)20-14-23(26)27-15-21(20)28-19-9-10-22-18(13-19)11-12-29(22)16-17-7-5-4-6-8-17/h4-15,28H,16H2,1-3H3. The molecular weight excluding hydrogens is 410 g/mol. The van der Waals surface area contributed by atoms with Gasteiger partial charge >= 0.3 is 5.97 Å². The summed E-state index contributed by atoms with van der Waals surface area (Å²) < 4.78 is 7.73. The molecule has 31 heavy (non-hydrogen) atoms. The van der Waals surface area contributed by atoms with Crippen molar-refractivity contribution in [1.82, 2.24) is 9.55 Å². The van der Waals surface area contributed by atoms with Gasteiger partial charge in [0.1, 0.15) is 10.8 Å². The fourth-order valence-electron chi connectivity index (χ4n) is 3.38. The molecule has 0 spiro atoms. The lowest BCUT2D eigenvalue weighted by atomic mass is 10.1. The number of hydrogen-bond acceptors (Lipinski definition) is 4. The summed E-state index contributed by atoms with van der Waals surface area (Å²) in [6, 6.07) is 20.0. The molecule has 4 aromatic rings. The van der Waals surface area contributed by atoms with Crippen molar-refractivity contribution in [3.63, 3.8) is 0 Å². The predicted octanol–water partition coefficient (Wildman–Crippen LogP) is 6.44. The third-order valence-electron chi connectivity index (χ3n) is 4.74. The number of rotatable bonds is 5. The number of nitrogens with zero attached hydrogens (tertiary/aromatic N) is 2. The van der Waals surface area contributed by atoms with Crippen LogP contribution in [0.3, 0.4) is 0 Å². The summed E-state index contributed by atoms with van der Waals surface area (Å²) in [5.74, 6) is -0.450. The van der Waals surface area contributed by atoms with Crippen LogP contribution in [0.4, 0.5) is 11.4 Å². The van der Waals surface area contributed by atoms with Crippen LogP contribution in [-0.4, -0.2) is 21.1 Å². The third-order valence-corrected chi connectivity index (χ3v) is 4.94. The summed E-state index contributed by atoms with van der Waals surface area (Å²) in [6.45, 7) is 6.29.